The summed E-state index contributed by atoms with van der Waals surface area (Å²) < 4.78 is 5.72. The molecule has 0 spiro atoms. The molecular formula is C34H36N2O6. The Morgan fingerprint density at radius 3 is 2.36 bits per heavy atom. The maximum absolute atomic E-state index is 14.5. The van der Waals surface area contributed by atoms with Gasteiger partial charge < -0.3 is 9.84 Å². The molecule has 8 heteroatoms. The number of carbonyl (C=O) groups is 4. The molecule has 2 saturated heterocycles. The maximum atomic E-state index is 14.5. The second-order valence-electron chi connectivity index (χ2n) is 12.8. The minimum Gasteiger partial charge on any atom is -0.508 e. The summed E-state index contributed by atoms with van der Waals surface area (Å²) in [5, 5.41) is 10.3. The number of methoxy groups -OCH3 is 1. The number of nitrogens with zero attached hydrogens (tertiary/aromatic N) is 2. The van der Waals surface area contributed by atoms with E-state index in [1.165, 1.54) is 18.1 Å². The molecule has 2 aromatic rings. The lowest BCUT2D eigenvalue weighted by atomic mass is 9.51. The fraction of sp³-hybridized carbons (Fsp3) is 0.471. The van der Waals surface area contributed by atoms with Gasteiger partial charge in [0, 0.05) is 23.6 Å². The summed E-state index contributed by atoms with van der Waals surface area (Å²) >= 11 is 0. The number of fused-ring (bicyclic) bond motifs is 4. The van der Waals surface area contributed by atoms with Gasteiger partial charge in [-0.3, -0.25) is 24.1 Å². The number of phenols is 1. The molecule has 218 valence electrons. The number of rotatable bonds is 4. The molecule has 6 atom stereocenters. The summed E-state index contributed by atoms with van der Waals surface area (Å²) in [5.74, 6) is -2.95. The van der Waals surface area contributed by atoms with Crippen LogP contribution in [0.25, 0.3) is 0 Å². The standard InChI is InChI=1S/C34H36N2O6/c1-34-26(31(39)36(33(34)41)20-11-7-4-8-12-20)18-25-22(29(34)23-14-13-21(37)17-27(23)42-2)15-16-24-28(25)32(40)35(30(24)38)19-9-5-3-6-10-19/h4,7-8,11-15,17,19,24-26,28-29,37H,3,5-6,9-10,16,18H2,1-2H3/t24-,25+,26-,28-,29+,34+/m0/s1. The number of aromatic hydroxyl groups is 1. The second kappa shape index (κ2) is 9.82. The van der Waals surface area contributed by atoms with Crippen LogP contribution in [0.15, 0.2) is 60.2 Å². The van der Waals surface area contributed by atoms with E-state index in [1.54, 1.807) is 41.3 Å². The van der Waals surface area contributed by atoms with Crippen molar-refractivity contribution < 1.29 is 29.0 Å². The van der Waals surface area contributed by atoms with Crippen molar-refractivity contribution >= 4 is 29.3 Å². The number of hydrogen-bond acceptors (Lipinski definition) is 6. The van der Waals surface area contributed by atoms with Gasteiger partial charge in [0.25, 0.3) is 0 Å². The zero-order chi connectivity index (χ0) is 29.3. The lowest BCUT2D eigenvalue weighted by Crippen LogP contribution is -2.49. The molecule has 1 N–H and O–H groups in total. The number of hydrogen-bond donors (Lipinski definition) is 1. The molecule has 8 nitrogen and oxygen atoms in total. The maximum Gasteiger partial charge on any atom is 0.241 e. The van der Waals surface area contributed by atoms with Crippen LogP contribution >= 0.6 is 0 Å². The van der Waals surface area contributed by atoms with Crippen LogP contribution in [0.5, 0.6) is 11.5 Å². The SMILES string of the molecule is COc1cc(O)ccc1[C@H]1C2=CC[C@@H]3C(=O)N(C4CCCCC4)C(=O)[C@@H]3[C@@H]2C[C@H]2C(=O)N(c3ccccc3)C(=O)[C@@]12C. The van der Waals surface area contributed by atoms with Gasteiger partial charge in [0.15, 0.2) is 0 Å². The van der Waals surface area contributed by atoms with Gasteiger partial charge in [-0.15, -0.1) is 0 Å². The minimum atomic E-state index is -1.15. The zero-order valence-electron chi connectivity index (χ0n) is 24.0. The van der Waals surface area contributed by atoms with Gasteiger partial charge in [-0.2, -0.15) is 0 Å². The third-order valence-corrected chi connectivity index (χ3v) is 10.8. The van der Waals surface area contributed by atoms with E-state index in [-0.39, 0.29) is 41.3 Å². The molecule has 42 heavy (non-hydrogen) atoms. The quantitative estimate of drug-likeness (QED) is 0.413. The molecular weight excluding hydrogens is 532 g/mol. The highest BCUT2D eigenvalue weighted by Crippen LogP contribution is 2.64. The molecule has 0 bridgehead atoms. The summed E-state index contributed by atoms with van der Waals surface area (Å²) in [6.45, 7) is 1.86. The molecule has 3 aliphatic carbocycles. The minimum absolute atomic E-state index is 0.0294. The Kier molecular flexibility index (Phi) is 6.29. The normalized spacial score (nSPS) is 32.9. The van der Waals surface area contributed by atoms with Gasteiger partial charge in [-0.05, 0) is 56.7 Å². The van der Waals surface area contributed by atoms with Crippen molar-refractivity contribution in [3.05, 3.63) is 65.7 Å². The first kappa shape index (κ1) is 26.9. The number of likely N-dealkylation sites (tertiary alicyclic amines) is 1. The van der Waals surface area contributed by atoms with Gasteiger partial charge in [0.1, 0.15) is 11.5 Å². The molecule has 2 aliphatic heterocycles. The van der Waals surface area contributed by atoms with Gasteiger partial charge in [-0.1, -0.05) is 55.2 Å². The number of allylic oxidation sites excluding steroid dienone is 2. The van der Waals surface area contributed by atoms with Crippen molar-refractivity contribution in [1.29, 1.82) is 0 Å². The predicted molar refractivity (Wildman–Crippen MR) is 154 cm³/mol. The van der Waals surface area contributed by atoms with Crippen molar-refractivity contribution in [2.75, 3.05) is 12.0 Å². The number of ether oxygens (including phenoxy) is 1. The Balaban J connectivity index is 1.37. The molecule has 2 saturated carbocycles. The Bertz CT molecular complexity index is 1510. The Labute approximate surface area is 245 Å². The summed E-state index contributed by atoms with van der Waals surface area (Å²) in [6, 6.07) is 13.8. The van der Waals surface area contributed by atoms with Crippen molar-refractivity contribution in [2.24, 2.45) is 29.1 Å². The first-order valence-electron chi connectivity index (χ1n) is 15.1. The second-order valence-corrected chi connectivity index (χ2v) is 12.8. The Morgan fingerprint density at radius 2 is 1.64 bits per heavy atom. The van der Waals surface area contributed by atoms with Crippen LogP contribution in [0.1, 0.15) is 63.4 Å². The van der Waals surface area contributed by atoms with Crippen LogP contribution < -0.4 is 9.64 Å². The molecule has 0 aromatic heterocycles. The topological polar surface area (TPSA) is 104 Å². The third-order valence-electron chi connectivity index (χ3n) is 10.8. The number of imide groups is 2. The van der Waals surface area contributed by atoms with Crippen LogP contribution in [0, 0.1) is 29.1 Å². The van der Waals surface area contributed by atoms with Crippen molar-refractivity contribution in [1.82, 2.24) is 4.90 Å². The third kappa shape index (κ3) is 3.66. The first-order valence-corrected chi connectivity index (χ1v) is 15.1. The zero-order valence-corrected chi connectivity index (χ0v) is 24.0. The highest BCUT2D eigenvalue weighted by molar-refractivity contribution is 6.24. The summed E-state index contributed by atoms with van der Waals surface area (Å²) in [5.41, 5.74) is 0.974. The van der Waals surface area contributed by atoms with E-state index in [0.717, 1.165) is 37.7 Å². The molecule has 7 rings (SSSR count). The number of para-hydroxylation sites is 1. The monoisotopic (exact) mass is 568 g/mol. The fourth-order valence-corrected chi connectivity index (χ4v) is 8.84. The average Bonchev–Trinajstić information content (AvgIpc) is 3.37. The molecule has 2 aromatic carbocycles. The number of phenolic OH excluding ortho intramolecular Hbond substituents is 1. The molecule has 4 amide bonds. The van der Waals surface area contributed by atoms with Crippen molar-refractivity contribution in [3.63, 3.8) is 0 Å². The van der Waals surface area contributed by atoms with Crippen molar-refractivity contribution in [3.8, 4) is 11.5 Å². The van der Waals surface area contributed by atoms with Gasteiger partial charge >= 0.3 is 0 Å². The van der Waals surface area contributed by atoms with E-state index in [9.17, 15) is 24.3 Å². The van der Waals surface area contributed by atoms with Crippen LogP contribution in [0.2, 0.25) is 0 Å². The summed E-state index contributed by atoms with van der Waals surface area (Å²) in [6.07, 6.45) is 7.64. The van der Waals surface area contributed by atoms with E-state index in [0.29, 0.717) is 29.8 Å². The van der Waals surface area contributed by atoms with Crippen LogP contribution in [0.3, 0.4) is 0 Å². The first-order chi connectivity index (χ1) is 20.3. The lowest BCUT2D eigenvalue weighted by molar-refractivity contribution is -0.144. The predicted octanol–water partition coefficient (Wildman–Crippen LogP) is 4.96. The van der Waals surface area contributed by atoms with Gasteiger partial charge in [-0.25, -0.2) is 4.90 Å². The van der Waals surface area contributed by atoms with E-state index in [2.05, 4.69) is 6.08 Å². The Morgan fingerprint density at radius 1 is 0.905 bits per heavy atom. The van der Waals surface area contributed by atoms with E-state index < -0.39 is 29.1 Å². The van der Waals surface area contributed by atoms with Gasteiger partial charge in [0.05, 0.1) is 36.0 Å². The average molecular weight is 569 g/mol. The lowest BCUT2D eigenvalue weighted by Gasteiger charge is -2.49. The van der Waals surface area contributed by atoms with Gasteiger partial charge in [0.2, 0.25) is 23.6 Å². The summed E-state index contributed by atoms with van der Waals surface area (Å²) in [4.78, 5) is 59.5. The Hall–Kier alpha value is -3.94. The number of amides is 4. The van der Waals surface area contributed by atoms with Crippen LogP contribution in [-0.4, -0.2) is 46.8 Å². The summed E-state index contributed by atoms with van der Waals surface area (Å²) in [7, 11) is 1.52. The van der Waals surface area contributed by atoms with E-state index in [4.69, 9.17) is 4.74 Å². The molecule has 4 fully saturated rings. The highest BCUT2D eigenvalue weighted by Gasteiger charge is 2.68. The van der Waals surface area contributed by atoms with E-state index in [1.807, 2.05) is 13.0 Å². The van der Waals surface area contributed by atoms with Crippen molar-refractivity contribution in [2.45, 2.75) is 63.8 Å². The van der Waals surface area contributed by atoms with Crippen LogP contribution in [-0.2, 0) is 19.2 Å². The molecule has 2 heterocycles. The smallest absolute Gasteiger partial charge is 0.241 e. The van der Waals surface area contributed by atoms with Crippen LogP contribution in [0.4, 0.5) is 5.69 Å². The molecule has 5 aliphatic rings. The fourth-order valence-electron chi connectivity index (χ4n) is 8.84. The molecule has 0 unspecified atom stereocenters. The molecule has 0 radical (unpaired) electrons. The number of anilines is 1. The number of benzene rings is 2. The van der Waals surface area contributed by atoms with E-state index >= 15 is 0 Å². The number of carbonyl (C=O) groups excluding carboxylic acids is 4. The largest absolute Gasteiger partial charge is 0.508 e. The highest BCUT2D eigenvalue weighted by atomic mass is 16.5.